The molecule has 0 bridgehead atoms. The van der Waals surface area contributed by atoms with Gasteiger partial charge in [0.25, 0.3) is 11.8 Å². The lowest BCUT2D eigenvalue weighted by molar-refractivity contribution is -0.123. The highest BCUT2D eigenvalue weighted by molar-refractivity contribution is 7.14. The standard InChI is InChI=1S/C18H21N5O5S/c1-5-28-17(27)23-13(24)10-6-7-29-15(10)22-14(25)11-8-12(20-9-19-11)21-16(26)18(2,3)4/h6-9H,5H2,1-4H3,(H,22,25)(H,23,24,27)(H,19,20,21,26). The second-order valence-corrected chi connectivity index (χ2v) is 7.70. The Balaban J connectivity index is 2.11. The van der Waals surface area contributed by atoms with Crippen LogP contribution < -0.4 is 16.0 Å². The number of alkyl carbamates (subject to hydrolysis) is 1. The van der Waals surface area contributed by atoms with E-state index in [1.54, 1.807) is 33.1 Å². The van der Waals surface area contributed by atoms with Crippen molar-refractivity contribution in [3.05, 3.63) is 35.1 Å². The molecule has 2 aromatic heterocycles. The first kappa shape index (κ1) is 22.0. The molecule has 3 N–H and O–H groups in total. The highest BCUT2D eigenvalue weighted by atomic mass is 32.1. The minimum atomic E-state index is -0.879. The average molecular weight is 419 g/mol. The van der Waals surface area contributed by atoms with Crippen molar-refractivity contribution >= 4 is 46.0 Å². The largest absolute Gasteiger partial charge is 0.450 e. The zero-order chi connectivity index (χ0) is 21.6. The Labute approximate surface area is 171 Å². The summed E-state index contributed by atoms with van der Waals surface area (Å²) in [5, 5.41) is 9.07. The van der Waals surface area contributed by atoms with Gasteiger partial charge in [0.15, 0.2) is 0 Å². The van der Waals surface area contributed by atoms with Crippen LogP contribution in [0.2, 0.25) is 0 Å². The van der Waals surface area contributed by atoms with Crippen LogP contribution in [0.5, 0.6) is 0 Å². The molecule has 0 atom stereocenters. The Kier molecular flexibility index (Phi) is 6.99. The number of aromatic nitrogens is 2. The molecule has 10 nitrogen and oxygen atoms in total. The molecule has 2 heterocycles. The first-order chi connectivity index (χ1) is 13.6. The summed E-state index contributed by atoms with van der Waals surface area (Å²) in [5.74, 6) is -1.40. The minimum absolute atomic E-state index is 0.00522. The van der Waals surface area contributed by atoms with Crippen LogP contribution in [0.25, 0.3) is 0 Å². The highest BCUT2D eigenvalue weighted by Gasteiger charge is 2.23. The molecule has 0 saturated carbocycles. The number of anilines is 2. The van der Waals surface area contributed by atoms with Crippen LogP contribution in [0.4, 0.5) is 15.6 Å². The molecule has 2 rings (SSSR count). The maximum atomic E-state index is 12.5. The van der Waals surface area contributed by atoms with Gasteiger partial charge in [0.2, 0.25) is 5.91 Å². The van der Waals surface area contributed by atoms with Gasteiger partial charge in [-0.2, -0.15) is 0 Å². The quantitative estimate of drug-likeness (QED) is 0.677. The van der Waals surface area contributed by atoms with E-state index < -0.39 is 23.3 Å². The molecule has 0 saturated heterocycles. The third-order valence-corrected chi connectivity index (χ3v) is 4.28. The first-order valence-electron chi connectivity index (χ1n) is 8.62. The zero-order valence-corrected chi connectivity index (χ0v) is 17.2. The number of hydrogen-bond donors (Lipinski definition) is 3. The lowest BCUT2D eigenvalue weighted by atomic mass is 9.96. The number of thiophene rings is 1. The van der Waals surface area contributed by atoms with Gasteiger partial charge in [-0.1, -0.05) is 20.8 Å². The predicted molar refractivity (Wildman–Crippen MR) is 107 cm³/mol. The number of carbonyl (C=O) groups excluding carboxylic acids is 4. The summed E-state index contributed by atoms with van der Waals surface area (Å²) in [4.78, 5) is 56.0. The Morgan fingerprint density at radius 3 is 2.48 bits per heavy atom. The second-order valence-electron chi connectivity index (χ2n) is 6.78. The van der Waals surface area contributed by atoms with Gasteiger partial charge in [-0.15, -0.1) is 11.3 Å². The fraction of sp³-hybridized carbons (Fsp3) is 0.333. The number of nitrogens with zero attached hydrogens (tertiary/aromatic N) is 2. The Morgan fingerprint density at radius 1 is 1.10 bits per heavy atom. The Hall–Kier alpha value is -3.34. The van der Waals surface area contributed by atoms with Crippen molar-refractivity contribution < 1.29 is 23.9 Å². The van der Waals surface area contributed by atoms with E-state index in [4.69, 9.17) is 0 Å². The van der Waals surface area contributed by atoms with Gasteiger partial charge in [0.1, 0.15) is 22.8 Å². The number of rotatable bonds is 5. The van der Waals surface area contributed by atoms with Gasteiger partial charge in [0.05, 0.1) is 12.2 Å². The third kappa shape index (κ3) is 6.07. The van der Waals surface area contributed by atoms with E-state index in [0.29, 0.717) is 0 Å². The monoisotopic (exact) mass is 419 g/mol. The van der Waals surface area contributed by atoms with E-state index in [1.165, 1.54) is 12.1 Å². The number of carbonyl (C=O) groups is 4. The van der Waals surface area contributed by atoms with E-state index >= 15 is 0 Å². The van der Waals surface area contributed by atoms with Crippen molar-refractivity contribution in [3.63, 3.8) is 0 Å². The lowest BCUT2D eigenvalue weighted by Gasteiger charge is -2.17. The van der Waals surface area contributed by atoms with Crippen molar-refractivity contribution in [2.75, 3.05) is 17.2 Å². The fourth-order valence-corrected chi connectivity index (χ4v) is 2.71. The Bertz CT molecular complexity index is 935. The molecular weight excluding hydrogens is 398 g/mol. The van der Waals surface area contributed by atoms with E-state index in [2.05, 4.69) is 30.7 Å². The van der Waals surface area contributed by atoms with Crippen LogP contribution in [0.15, 0.2) is 23.8 Å². The van der Waals surface area contributed by atoms with Gasteiger partial charge < -0.3 is 15.4 Å². The molecule has 0 unspecified atom stereocenters. The summed E-state index contributed by atoms with van der Waals surface area (Å²) in [5.41, 5.74) is -0.535. The predicted octanol–water partition coefficient (Wildman–Crippen LogP) is 2.66. The summed E-state index contributed by atoms with van der Waals surface area (Å²) >= 11 is 1.10. The van der Waals surface area contributed by atoms with Crippen molar-refractivity contribution in [1.29, 1.82) is 0 Å². The molecule has 0 aromatic carbocycles. The van der Waals surface area contributed by atoms with Crippen LogP contribution in [0, 0.1) is 5.41 Å². The molecule has 4 amide bonds. The smallest absolute Gasteiger partial charge is 0.414 e. The molecule has 11 heteroatoms. The van der Waals surface area contributed by atoms with Crippen LogP contribution in [-0.2, 0) is 9.53 Å². The third-order valence-electron chi connectivity index (χ3n) is 3.45. The first-order valence-corrected chi connectivity index (χ1v) is 9.50. The number of hydrogen-bond acceptors (Lipinski definition) is 8. The molecule has 29 heavy (non-hydrogen) atoms. The minimum Gasteiger partial charge on any atom is -0.450 e. The van der Waals surface area contributed by atoms with E-state index in [-0.39, 0.29) is 34.6 Å². The molecule has 0 spiro atoms. The number of nitrogens with one attached hydrogen (secondary N) is 3. The van der Waals surface area contributed by atoms with Gasteiger partial charge in [-0.25, -0.2) is 14.8 Å². The molecule has 2 aromatic rings. The van der Waals surface area contributed by atoms with Crippen molar-refractivity contribution in [2.24, 2.45) is 5.41 Å². The summed E-state index contributed by atoms with van der Waals surface area (Å²) in [6.07, 6.45) is 0.270. The van der Waals surface area contributed by atoms with Gasteiger partial charge in [-0.05, 0) is 18.4 Å². The zero-order valence-electron chi connectivity index (χ0n) is 16.4. The highest BCUT2D eigenvalue weighted by Crippen LogP contribution is 2.24. The topological polar surface area (TPSA) is 139 Å². The summed E-state index contributed by atoms with van der Waals surface area (Å²) in [7, 11) is 0. The molecule has 0 aliphatic rings. The van der Waals surface area contributed by atoms with Crippen LogP contribution in [0.3, 0.4) is 0 Å². The fourth-order valence-electron chi connectivity index (χ4n) is 1.93. The summed E-state index contributed by atoms with van der Waals surface area (Å²) in [6, 6.07) is 2.79. The normalized spacial score (nSPS) is 10.8. The molecule has 0 aliphatic carbocycles. The molecule has 0 fully saturated rings. The average Bonchev–Trinajstić information content (AvgIpc) is 3.09. The number of imide groups is 1. The maximum Gasteiger partial charge on any atom is 0.414 e. The van der Waals surface area contributed by atoms with Gasteiger partial charge in [0, 0.05) is 11.5 Å². The Morgan fingerprint density at radius 2 is 1.83 bits per heavy atom. The number of ether oxygens (including phenoxy) is 1. The van der Waals surface area contributed by atoms with E-state index in [9.17, 15) is 19.2 Å². The molecular formula is C18H21N5O5S. The number of amides is 4. The molecule has 0 radical (unpaired) electrons. The van der Waals surface area contributed by atoms with Crippen molar-refractivity contribution in [2.45, 2.75) is 27.7 Å². The van der Waals surface area contributed by atoms with Crippen molar-refractivity contribution in [1.82, 2.24) is 15.3 Å². The van der Waals surface area contributed by atoms with E-state index in [1.807, 2.05) is 0 Å². The summed E-state index contributed by atoms with van der Waals surface area (Å²) in [6.45, 7) is 6.97. The van der Waals surface area contributed by atoms with Gasteiger partial charge in [-0.3, -0.25) is 19.7 Å². The lowest BCUT2D eigenvalue weighted by Crippen LogP contribution is -2.31. The van der Waals surface area contributed by atoms with Crippen molar-refractivity contribution in [3.8, 4) is 0 Å². The molecule has 0 aliphatic heterocycles. The van der Waals surface area contributed by atoms with Crippen LogP contribution >= 0.6 is 11.3 Å². The van der Waals surface area contributed by atoms with Gasteiger partial charge >= 0.3 is 6.09 Å². The van der Waals surface area contributed by atoms with Crippen LogP contribution in [0.1, 0.15) is 48.5 Å². The van der Waals surface area contributed by atoms with E-state index in [0.717, 1.165) is 17.7 Å². The molecule has 154 valence electrons. The second kappa shape index (κ2) is 9.24. The van der Waals surface area contributed by atoms with Crippen LogP contribution in [-0.4, -0.2) is 40.4 Å². The summed E-state index contributed by atoms with van der Waals surface area (Å²) < 4.78 is 4.66. The maximum absolute atomic E-state index is 12.5. The SMILES string of the molecule is CCOC(=O)NC(=O)c1ccsc1NC(=O)c1cc(NC(=O)C(C)(C)C)ncn1.